The molecule has 2 aromatic carbocycles. The second-order valence-corrected chi connectivity index (χ2v) is 7.33. The van der Waals surface area contributed by atoms with Crippen molar-refractivity contribution >= 4 is 23.4 Å². The zero-order valence-electron chi connectivity index (χ0n) is 16.9. The van der Waals surface area contributed by atoms with Crippen LogP contribution in [0.25, 0.3) is 0 Å². The summed E-state index contributed by atoms with van der Waals surface area (Å²) in [7, 11) is 0. The van der Waals surface area contributed by atoms with Crippen molar-refractivity contribution < 1.29 is 9.59 Å². The average Bonchev–Trinajstić information content (AvgIpc) is 2.71. The Balaban J connectivity index is 2.10. The van der Waals surface area contributed by atoms with Crippen LogP contribution in [0, 0.1) is 0 Å². The highest BCUT2D eigenvalue weighted by Gasteiger charge is 2.25. The fourth-order valence-corrected chi connectivity index (χ4v) is 3.15. The molecule has 0 aliphatic rings. The van der Waals surface area contributed by atoms with Crippen LogP contribution in [0.4, 0.5) is 0 Å². The highest BCUT2D eigenvalue weighted by molar-refractivity contribution is 6.30. The Labute approximate surface area is 172 Å². The number of hydrogen-bond donors (Lipinski definition) is 1. The topological polar surface area (TPSA) is 49.4 Å². The Morgan fingerprint density at radius 2 is 1.54 bits per heavy atom. The van der Waals surface area contributed by atoms with Gasteiger partial charge in [-0.1, -0.05) is 54.9 Å². The molecule has 28 heavy (non-hydrogen) atoms. The van der Waals surface area contributed by atoms with Gasteiger partial charge in [-0.05, 0) is 55.5 Å². The smallest absolute Gasteiger partial charge is 0.242 e. The van der Waals surface area contributed by atoms with Crippen LogP contribution in [-0.2, 0) is 29.0 Å². The molecule has 0 aromatic heterocycles. The number of rotatable bonds is 9. The van der Waals surface area contributed by atoms with Gasteiger partial charge in [-0.2, -0.15) is 0 Å². The minimum atomic E-state index is -0.536. The Morgan fingerprint density at radius 3 is 2.11 bits per heavy atom. The van der Waals surface area contributed by atoms with Crippen LogP contribution in [0.3, 0.4) is 0 Å². The lowest BCUT2D eigenvalue weighted by Crippen LogP contribution is -2.47. The number of halogens is 1. The van der Waals surface area contributed by atoms with E-state index in [0.717, 1.165) is 17.5 Å². The summed E-state index contributed by atoms with van der Waals surface area (Å²) in [6.45, 7) is 6.68. The molecule has 0 aliphatic carbocycles. The third-order valence-corrected chi connectivity index (χ3v) is 5.10. The molecule has 0 radical (unpaired) electrons. The quantitative estimate of drug-likeness (QED) is 0.678. The molecule has 0 saturated heterocycles. The van der Waals surface area contributed by atoms with Crippen LogP contribution in [0.2, 0.25) is 5.02 Å². The fourth-order valence-electron chi connectivity index (χ4n) is 3.03. The summed E-state index contributed by atoms with van der Waals surface area (Å²) in [5, 5.41) is 3.46. The number of benzene rings is 2. The molecule has 0 heterocycles. The second-order valence-electron chi connectivity index (χ2n) is 6.89. The summed E-state index contributed by atoms with van der Waals surface area (Å²) in [4.78, 5) is 27.0. The van der Waals surface area contributed by atoms with Gasteiger partial charge >= 0.3 is 0 Å². The average molecular weight is 401 g/mol. The van der Waals surface area contributed by atoms with Gasteiger partial charge in [0.05, 0.1) is 0 Å². The molecule has 1 N–H and O–H groups in total. The molecule has 1 atom stereocenters. The predicted octanol–water partition coefficient (Wildman–Crippen LogP) is 4.39. The lowest BCUT2D eigenvalue weighted by Gasteiger charge is -2.29. The molecule has 2 amide bonds. The number of carbonyl (C=O) groups is 2. The van der Waals surface area contributed by atoms with Crippen LogP contribution in [0.15, 0.2) is 48.5 Å². The molecule has 0 aliphatic heterocycles. The van der Waals surface area contributed by atoms with E-state index in [1.54, 1.807) is 24.0 Å². The van der Waals surface area contributed by atoms with Gasteiger partial charge in [-0.15, -0.1) is 0 Å². The van der Waals surface area contributed by atoms with E-state index in [4.69, 9.17) is 11.6 Å². The minimum Gasteiger partial charge on any atom is -0.355 e. The van der Waals surface area contributed by atoms with Crippen molar-refractivity contribution in [1.82, 2.24) is 10.2 Å². The van der Waals surface area contributed by atoms with E-state index in [1.807, 2.05) is 19.1 Å². The first-order chi connectivity index (χ1) is 13.4. The van der Waals surface area contributed by atoms with Crippen molar-refractivity contribution in [3.8, 4) is 0 Å². The zero-order chi connectivity index (χ0) is 20.5. The maximum atomic E-state index is 13.0. The van der Waals surface area contributed by atoms with Crippen LogP contribution >= 0.6 is 11.6 Å². The summed E-state index contributed by atoms with van der Waals surface area (Å²) in [5.41, 5.74) is 3.35. The Hall–Kier alpha value is -2.33. The van der Waals surface area contributed by atoms with E-state index in [2.05, 4.69) is 36.5 Å². The molecule has 2 rings (SSSR count). The van der Waals surface area contributed by atoms with Crippen LogP contribution in [0.5, 0.6) is 0 Å². The first-order valence-corrected chi connectivity index (χ1v) is 10.2. The number of carbonyl (C=O) groups excluding carboxylic acids is 2. The molecule has 0 spiro atoms. The number of amides is 2. The number of nitrogens with one attached hydrogen (secondary N) is 1. The number of nitrogens with zero attached hydrogens (tertiary/aromatic N) is 1. The highest BCUT2D eigenvalue weighted by Crippen LogP contribution is 2.16. The van der Waals surface area contributed by atoms with Gasteiger partial charge < -0.3 is 10.2 Å². The largest absolute Gasteiger partial charge is 0.355 e. The Morgan fingerprint density at radius 1 is 0.964 bits per heavy atom. The number of aryl methyl sites for hydroxylation is 2. The van der Waals surface area contributed by atoms with E-state index < -0.39 is 6.04 Å². The van der Waals surface area contributed by atoms with Gasteiger partial charge in [-0.25, -0.2) is 0 Å². The lowest BCUT2D eigenvalue weighted by molar-refractivity contribution is -0.140. The van der Waals surface area contributed by atoms with Crippen molar-refractivity contribution in [2.24, 2.45) is 0 Å². The summed E-state index contributed by atoms with van der Waals surface area (Å²) in [6.07, 6.45) is 2.02. The monoisotopic (exact) mass is 400 g/mol. The van der Waals surface area contributed by atoms with Crippen molar-refractivity contribution in [2.45, 2.75) is 52.6 Å². The maximum Gasteiger partial charge on any atom is 0.242 e. The fraction of sp³-hybridized carbons (Fsp3) is 0.391. The van der Waals surface area contributed by atoms with E-state index in [0.29, 0.717) is 31.0 Å². The normalized spacial score (nSPS) is 11.7. The van der Waals surface area contributed by atoms with Crippen molar-refractivity contribution in [2.75, 3.05) is 6.54 Å². The van der Waals surface area contributed by atoms with Crippen LogP contribution in [0.1, 0.15) is 43.9 Å². The van der Waals surface area contributed by atoms with Gasteiger partial charge in [0.2, 0.25) is 11.8 Å². The van der Waals surface area contributed by atoms with Gasteiger partial charge in [-0.3, -0.25) is 9.59 Å². The van der Waals surface area contributed by atoms with Gasteiger partial charge in [0.1, 0.15) is 6.04 Å². The molecule has 0 bridgehead atoms. The summed E-state index contributed by atoms with van der Waals surface area (Å²) >= 11 is 5.96. The molecular formula is C23H29ClN2O2. The van der Waals surface area contributed by atoms with Gasteiger partial charge in [0.15, 0.2) is 0 Å². The number of likely N-dealkylation sites (N-methyl/N-ethyl adjacent to an activating group) is 1. The molecule has 0 fully saturated rings. The lowest BCUT2D eigenvalue weighted by atomic mass is 10.0. The summed E-state index contributed by atoms with van der Waals surface area (Å²) < 4.78 is 0. The molecule has 4 nitrogen and oxygen atoms in total. The first kappa shape index (κ1) is 22.0. The first-order valence-electron chi connectivity index (χ1n) is 9.84. The standard InChI is InChI=1S/C23H29ClN2O2/c1-4-18-6-8-19(9-7-18)12-15-22(27)26(17(3)23(28)25-5-2)16-20-10-13-21(24)14-11-20/h6-11,13-14,17H,4-5,12,15-16H2,1-3H3,(H,25,28). The van der Waals surface area contributed by atoms with E-state index in [-0.39, 0.29) is 11.8 Å². The van der Waals surface area contributed by atoms with Crippen molar-refractivity contribution in [1.29, 1.82) is 0 Å². The zero-order valence-corrected chi connectivity index (χ0v) is 17.6. The van der Waals surface area contributed by atoms with E-state index in [9.17, 15) is 9.59 Å². The van der Waals surface area contributed by atoms with Gasteiger partial charge in [0.25, 0.3) is 0 Å². The summed E-state index contributed by atoms with van der Waals surface area (Å²) in [6, 6.07) is 15.2. The Bertz CT molecular complexity index is 772. The number of hydrogen-bond acceptors (Lipinski definition) is 2. The second kappa shape index (κ2) is 10.9. The Kier molecular flexibility index (Phi) is 8.52. The predicted molar refractivity (Wildman–Crippen MR) is 114 cm³/mol. The maximum absolute atomic E-state index is 13.0. The molecule has 150 valence electrons. The SMILES string of the molecule is CCNC(=O)C(C)N(Cc1ccc(Cl)cc1)C(=O)CCc1ccc(CC)cc1. The molecular weight excluding hydrogens is 372 g/mol. The van der Waals surface area contributed by atoms with E-state index >= 15 is 0 Å². The third kappa shape index (κ3) is 6.38. The van der Waals surface area contributed by atoms with Crippen molar-refractivity contribution in [3.63, 3.8) is 0 Å². The minimum absolute atomic E-state index is 0.0340. The van der Waals surface area contributed by atoms with E-state index in [1.165, 1.54) is 5.56 Å². The highest BCUT2D eigenvalue weighted by atomic mass is 35.5. The molecule has 1 unspecified atom stereocenters. The molecule has 0 saturated carbocycles. The molecule has 5 heteroatoms. The van der Waals surface area contributed by atoms with Crippen molar-refractivity contribution in [3.05, 3.63) is 70.2 Å². The van der Waals surface area contributed by atoms with Crippen LogP contribution in [-0.4, -0.2) is 29.3 Å². The molecule has 2 aromatic rings. The summed E-state index contributed by atoms with van der Waals surface area (Å²) in [5.74, 6) is -0.176. The van der Waals surface area contributed by atoms with Crippen LogP contribution < -0.4 is 5.32 Å². The van der Waals surface area contributed by atoms with Gasteiger partial charge in [0, 0.05) is 24.5 Å². The third-order valence-electron chi connectivity index (χ3n) is 4.84.